The van der Waals surface area contributed by atoms with Crippen LogP contribution in [-0.2, 0) is 0 Å². The summed E-state index contributed by atoms with van der Waals surface area (Å²) in [6.07, 6.45) is 3.21. The van der Waals surface area contributed by atoms with Crippen LogP contribution in [0.25, 0.3) is 16.4 Å². The Kier molecular flexibility index (Phi) is 3.65. The molecule has 0 amide bonds. The minimum absolute atomic E-state index is 0.199. The number of pyridine rings is 1. The molecule has 0 fully saturated rings. The molecule has 1 heterocycles. The highest BCUT2D eigenvalue weighted by molar-refractivity contribution is 5.62. The number of aliphatic hydroxyl groups is 2. The zero-order chi connectivity index (χ0) is 12.0. The summed E-state index contributed by atoms with van der Waals surface area (Å²) in [5.41, 5.74) is 0.588. The Bertz CT molecular complexity index is 467. The summed E-state index contributed by atoms with van der Waals surface area (Å²) >= 11 is 0. The molecule has 5 heteroatoms. The molecule has 0 unspecified atom stereocenters. The van der Waals surface area contributed by atoms with Crippen LogP contribution in [0.1, 0.15) is 11.3 Å². The SMILES string of the molecule is [C-]#[N+]/C=C(\O)c1ccc(/C(O)=C/C#N)cn1. The van der Waals surface area contributed by atoms with Crippen LogP contribution in [0.15, 0.2) is 30.6 Å². The lowest BCUT2D eigenvalue weighted by Crippen LogP contribution is -1.90. The molecular weight excluding hydrogens is 206 g/mol. The zero-order valence-electron chi connectivity index (χ0n) is 8.12. The van der Waals surface area contributed by atoms with E-state index < -0.39 is 0 Å². The third kappa shape index (κ3) is 2.60. The van der Waals surface area contributed by atoms with Crippen molar-refractivity contribution < 1.29 is 10.2 Å². The summed E-state index contributed by atoms with van der Waals surface area (Å²) in [6.45, 7) is 6.52. The van der Waals surface area contributed by atoms with Crippen molar-refractivity contribution in [2.75, 3.05) is 0 Å². The van der Waals surface area contributed by atoms with Gasteiger partial charge in [-0.05, 0) is 12.1 Å². The topological polar surface area (TPSA) is 81.5 Å². The van der Waals surface area contributed by atoms with Crippen LogP contribution >= 0.6 is 0 Å². The molecule has 16 heavy (non-hydrogen) atoms. The molecule has 78 valence electrons. The van der Waals surface area contributed by atoms with E-state index in [0.29, 0.717) is 5.56 Å². The lowest BCUT2D eigenvalue weighted by atomic mass is 10.2. The third-order valence-electron chi connectivity index (χ3n) is 1.71. The van der Waals surface area contributed by atoms with Crippen LogP contribution in [0.5, 0.6) is 0 Å². The van der Waals surface area contributed by atoms with Crippen LogP contribution in [0, 0.1) is 17.9 Å². The molecule has 0 atom stereocenters. The van der Waals surface area contributed by atoms with Gasteiger partial charge in [0, 0.05) is 11.8 Å². The molecule has 0 aromatic carbocycles. The summed E-state index contributed by atoms with van der Waals surface area (Å²) in [5, 5.41) is 27.0. The number of nitrogens with zero attached hydrogens (tertiary/aromatic N) is 3. The Morgan fingerprint density at radius 2 is 2.19 bits per heavy atom. The number of allylic oxidation sites excluding steroid dienone is 1. The van der Waals surface area contributed by atoms with Gasteiger partial charge < -0.3 is 10.2 Å². The number of aliphatic hydroxyl groups excluding tert-OH is 2. The number of hydrogen-bond donors (Lipinski definition) is 2. The fraction of sp³-hybridized carbons (Fsp3) is 0. The molecule has 1 rings (SSSR count). The van der Waals surface area contributed by atoms with Gasteiger partial charge >= 0.3 is 0 Å². The first-order valence-electron chi connectivity index (χ1n) is 4.20. The molecule has 0 aliphatic carbocycles. The van der Waals surface area contributed by atoms with Crippen LogP contribution in [0.2, 0.25) is 0 Å². The Labute approximate surface area is 92.0 Å². The molecule has 0 radical (unpaired) electrons. The van der Waals surface area contributed by atoms with Gasteiger partial charge in [0.25, 0.3) is 0 Å². The predicted octanol–water partition coefficient (Wildman–Crippen LogP) is 2.28. The molecule has 0 spiro atoms. The molecule has 0 aliphatic heterocycles. The predicted molar refractivity (Wildman–Crippen MR) is 57.7 cm³/mol. The maximum atomic E-state index is 9.33. The summed E-state index contributed by atoms with van der Waals surface area (Å²) in [5.74, 6) is -0.444. The van der Waals surface area contributed by atoms with Gasteiger partial charge in [-0.1, -0.05) is 0 Å². The summed E-state index contributed by atoms with van der Waals surface area (Å²) in [7, 11) is 0. The van der Waals surface area contributed by atoms with E-state index in [1.54, 1.807) is 6.07 Å². The number of aromatic nitrogens is 1. The molecule has 0 aliphatic rings. The van der Waals surface area contributed by atoms with Crippen molar-refractivity contribution in [2.24, 2.45) is 0 Å². The average Bonchev–Trinajstić information content (AvgIpc) is 2.30. The second-order valence-electron chi connectivity index (χ2n) is 2.73. The highest BCUT2D eigenvalue weighted by Crippen LogP contribution is 2.13. The van der Waals surface area contributed by atoms with Gasteiger partial charge in [-0.3, -0.25) is 4.98 Å². The Morgan fingerprint density at radius 3 is 2.69 bits per heavy atom. The zero-order valence-corrected chi connectivity index (χ0v) is 8.12. The Morgan fingerprint density at radius 1 is 1.44 bits per heavy atom. The van der Waals surface area contributed by atoms with Crippen molar-refractivity contribution in [3.63, 3.8) is 0 Å². The second kappa shape index (κ2) is 5.18. The molecule has 0 saturated carbocycles. The fourth-order valence-electron chi connectivity index (χ4n) is 0.969. The van der Waals surface area contributed by atoms with E-state index in [1.807, 2.05) is 0 Å². The van der Waals surface area contributed by atoms with Gasteiger partial charge in [-0.2, -0.15) is 5.26 Å². The first-order valence-corrected chi connectivity index (χ1v) is 4.20. The van der Waals surface area contributed by atoms with Crippen molar-refractivity contribution in [3.05, 3.63) is 53.3 Å². The first kappa shape index (κ1) is 11.3. The summed E-state index contributed by atoms with van der Waals surface area (Å²) in [4.78, 5) is 6.72. The van der Waals surface area contributed by atoms with Gasteiger partial charge in [-0.15, -0.1) is 0 Å². The largest absolute Gasteiger partial charge is 0.518 e. The lowest BCUT2D eigenvalue weighted by Gasteiger charge is -2.00. The number of hydrogen-bond acceptors (Lipinski definition) is 4. The van der Waals surface area contributed by atoms with Crippen molar-refractivity contribution in [2.45, 2.75) is 0 Å². The Hall–Kier alpha value is -2.79. The highest BCUT2D eigenvalue weighted by atomic mass is 16.3. The van der Waals surface area contributed by atoms with Crippen LogP contribution in [-0.4, -0.2) is 15.2 Å². The molecule has 1 aromatic rings. The van der Waals surface area contributed by atoms with Gasteiger partial charge in [0.15, 0.2) is 6.20 Å². The smallest absolute Gasteiger partial charge is 0.197 e. The normalized spacial score (nSPS) is 11.6. The van der Waals surface area contributed by atoms with E-state index in [2.05, 4.69) is 9.83 Å². The number of nitriles is 1. The third-order valence-corrected chi connectivity index (χ3v) is 1.71. The van der Waals surface area contributed by atoms with Gasteiger partial charge in [0.1, 0.15) is 11.5 Å². The molecule has 5 nitrogen and oxygen atoms in total. The van der Waals surface area contributed by atoms with Crippen molar-refractivity contribution >= 4 is 11.5 Å². The van der Waals surface area contributed by atoms with Crippen molar-refractivity contribution in [1.29, 1.82) is 5.26 Å². The van der Waals surface area contributed by atoms with Gasteiger partial charge in [-0.25, -0.2) is 4.85 Å². The van der Waals surface area contributed by atoms with E-state index in [-0.39, 0.29) is 17.2 Å². The second-order valence-corrected chi connectivity index (χ2v) is 2.73. The molecule has 2 N–H and O–H groups in total. The van der Waals surface area contributed by atoms with Gasteiger partial charge in [0.05, 0.1) is 24.4 Å². The Balaban J connectivity index is 3.02. The summed E-state index contributed by atoms with van der Waals surface area (Å²) < 4.78 is 0. The number of rotatable bonds is 2. The maximum absolute atomic E-state index is 9.33. The quantitative estimate of drug-likeness (QED) is 0.448. The molecule has 0 saturated heterocycles. The van der Waals surface area contributed by atoms with Crippen molar-refractivity contribution in [3.8, 4) is 6.07 Å². The average molecular weight is 213 g/mol. The van der Waals surface area contributed by atoms with E-state index in [9.17, 15) is 10.2 Å². The van der Waals surface area contributed by atoms with E-state index in [0.717, 1.165) is 12.3 Å². The molecule has 1 aromatic heterocycles. The lowest BCUT2D eigenvalue weighted by molar-refractivity contribution is 0.506. The first-order chi connectivity index (χ1) is 7.69. The van der Waals surface area contributed by atoms with Gasteiger partial charge in [0.2, 0.25) is 0 Å². The van der Waals surface area contributed by atoms with Crippen LogP contribution in [0.4, 0.5) is 0 Å². The minimum Gasteiger partial charge on any atom is -0.518 e. The van der Waals surface area contributed by atoms with E-state index in [4.69, 9.17) is 11.8 Å². The standard InChI is InChI=1S/C11H7N3O2/c1-13-7-11(16)9-3-2-8(6-14-9)10(15)4-5-12/h2-4,6-7,15-16H/b10-4-,11-7-. The summed E-state index contributed by atoms with van der Waals surface area (Å²) in [6, 6.07) is 4.61. The van der Waals surface area contributed by atoms with Crippen LogP contribution in [0.3, 0.4) is 0 Å². The minimum atomic E-state index is -0.245. The van der Waals surface area contributed by atoms with Crippen molar-refractivity contribution in [1.82, 2.24) is 4.98 Å². The van der Waals surface area contributed by atoms with Crippen LogP contribution < -0.4 is 0 Å². The highest BCUT2D eigenvalue weighted by Gasteiger charge is 2.02. The molecular formula is C11H7N3O2. The maximum Gasteiger partial charge on any atom is 0.197 e. The monoisotopic (exact) mass is 213 g/mol. The van der Waals surface area contributed by atoms with E-state index in [1.165, 1.54) is 18.3 Å². The van der Waals surface area contributed by atoms with E-state index >= 15 is 0 Å². The molecule has 0 bridgehead atoms. The fourth-order valence-corrected chi connectivity index (χ4v) is 0.969.